The lowest BCUT2D eigenvalue weighted by Gasteiger charge is -2.12. The van der Waals surface area contributed by atoms with Crippen LogP contribution in [0.1, 0.15) is 16.3 Å². The molecule has 0 bridgehead atoms. The van der Waals surface area contributed by atoms with E-state index in [0.717, 1.165) is 0 Å². The van der Waals surface area contributed by atoms with Crippen LogP contribution in [0, 0.1) is 6.92 Å². The predicted molar refractivity (Wildman–Crippen MR) is 93.0 cm³/mol. The van der Waals surface area contributed by atoms with Crippen LogP contribution < -0.4 is 20.1 Å². The van der Waals surface area contributed by atoms with E-state index in [0.29, 0.717) is 35.4 Å². The van der Waals surface area contributed by atoms with Crippen molar-refractivity contribution in [3.63, 3.8) is 0 Å². The van der Waals surface area contributed by atoms with Gasteiger partial charge in [0.15, 0.2) is 0 Å². The van der Waals surface area contributed by atoms with Crippen molar-refractivity contribution in [1.82, 2.24) is 9.97 Å². The molecule has 1 amide bonds. The molecule has 0 atom stereocenters. The number of anilines is 2. The Balaban J connectivity index is 2.23. The molecule has 0 aliphatic carbocycles. The van der Waals surface area contributed by atoms with Crippen molar-refractivity contribution in [2.75, 3.05) is 31.4 Å². The number of aromatic nitrogens is 2. The molecule has 0 fully saturated rings. The van der Waals surface area contributed by atoms with Gasteiger partial charge < -0.3 is 20.1 Å². The summed E-state index contributed by atoms with van der Waals surface area (Å²) >= 11 is 0. The van der Waals surface area contributed by atoms with Crippen molar-refractivity contribution >= 4 is 17.4 Å². The quantitative estimate of drug-likeness (QED) is 0.760. The predicted octanol–water partition coefficient (Wildman–Crippen LogP) is 2.65. The summed E-state index contributed by atoms with van der Waals surface area (Å²) in [4.78, 5) is 20.9. The smallest absolute Gasteiger partial charge is 0.274 e. The number of nitrogens with zero attached hydrogens (tertiary/aromatic N) is 2. The first kappa shape index (κ1) is 17.3. The van der Waals surface area contributed by atoms with E-state index in [2.05, 4.69) is 27.2 Å². The molecule has 2 N–H and O–H groups in total. The van der Waals surface area contributed by atoms with Crippen molar-refractivity contribution in [3.05, 3.63) is 48.4 Å². The summed E-state index contributed by atoms with van der Waals surface area (Å²) in [6.07, 6.45) is 1.71. The lowest BCUT2D eigenvalue weighted by Crippen LogP contribution is -2.16. The minimum Gasteiger partial charge on any atom is -0.497 e. The molecule has 126 valence electrons. The van der Waals surface area contributed by atoms with Crippen molar-refractivity contribution < 1.29 is 14.3 Å². The fourth-order valence-corrected chi connectivity index (χ4v) is 2.04. The van der Waals surface area contributed by atoms with E-state index in [1.807, 2.05) is 0 Å². The van der Waals surface area contributed by atoms with E-state index in [1.165, 1.54) is 7.11 Å². The highest BCUT2D eigenvalue weighted by Gasteiger charge is 2.14. The van der Waals surface area contributed by atoms with Crippen molar-refractivity contribution in [2.24, 2.45) is 0 Å². The van der Waals surface area contributed by atoms with Gasteiger partial charge in [-0.1, -0.05) is 6.08 Å². The number of carbonyl (C=O) groups is 1. The van der Waals surface area contributed by atoms with E-state index in [1.54, 1.807) is 44.4 Å². The van der Waals surface area contributed by atoms with Crippen molar-refractivity contribution in [3.8, 4) is 11.5 Å². The minimum absolute atomic E-state index is 0.256. The number of methoxy groups -OCH3 is 2. The van der Waals surface area contributed by atoms with E-state index in [9.17, 15) is 4.79 Å². The van der Waals surface area contributed by atoms with Gasteiger partial charge in [-0.05, 0) is 19.1 Å². The van der Waals surface area contributed by atoms with Gasteiger partial charge in [-0.15, -0.1) is 6.58 Å². The first-order chi connectivity index (χ1) is 11.6. The molecule has 0 unspecified atom stereocenters. The number of amides is 1. The van der Waals surface area contributed by atoms with Gasteiger partial charge in [0.1, 0.15) is 28.8 Å². The van der Waals surface area contributed by atoms with Crippen LogP contribution >= 0.6 is 0 Å². The second-order valence-corrected chi connectivity index (χ2v) is 4.88. The number of rotatable bonds is 7. The number of aryl methyl sites for hydroxylation is 1. The number of benzene rings is 1. The lowest BCUT2D eigenvalue weighted by molar-refractivity contribution is 0.102. The molecule has 1 heterocycles. The molecule has 2 rings (SSSR count). The molecule has 1 aromatic heterocycles. The zero-order valence-electron chi connectivity index (χ0n) is 13.9. The van der Waals surface area contributed by atoms with Crippen LogP contribution in [-0.2, 0) is 0 Å². The van der Waals surface area contributed by atoms with Gasteiger partial charge in [-0.25, -0.2) is 9.97 Å². The maximum atomic E-state index is 12.5. The van der Waals surface area contributed by atoms with Crippen LogP contribution in [-0.4, -0.2) is 36.6 Å². The Morgan fingerprint density at radius 1 is 1.25 bits per heavy atom. The Bertz CT molecular complexity index is 747. The van der Waals surface area contributed by atoms with E-state index in [4.69, 9.17) is 9.47 Å². The van der Waals surface area contributed by atoms with E-state index in [-0.39, 0.29) is 11.6 Å². The number of hydrogen-bond donors (Lipinski definition) is 2. The summed E-state index contributed by atoms with van der Waals surface area (Å²) in [6, 6.07) is 6.72. The summed E-state index contributed by atoms with van der Waals surface area (Å²) in [6.45, 7) is 5.91. The Labute approximate surface area is 140 Å². The van der Waals surface area contributed by atoms with Crippen LogP contribution in [0.2, 0.25) is 0 Å². The first-order valence-corrected chi connectivity index (χ1v) is 7.31. The Hall–Kier alpha value is -3.09. The molecule has 0 aliphatic heterocycles. The van der Waals surface area contributed by atoms with E-state index >= 15 is 0 Å². The fourth-order valence-electron chi connectivity index (χ4n) is 2.04. The Morgan fingerprint density at radius 2 is 2.04 bits per heavy atom. The molecule has 2 aromatic rings. The SMILES string of the molecule is C=CCNc1cc(C(=O)Nc2ccc(OC)cc2OC)nc(C)n1. The summed E-state index contributed by atoms with van der Waals surface area (Å²) in [5.41, 5.74) is 0.784. The standard InChI is InChI=1S/C17H20N4O3/c1-5-8-18-16-10-14(19-11(2)20-16)17(22)21-13-7-6-12(23-3)9-15(13)24-4/h5-7,9-10H,1,8H2,2-4H3,(H,21,22)(H,18,19,20). The highest BCUT2D eigenvalue weighted by Crippen LogP contribution is 2.29. The zero-order chi connectivity index (χ0) is 17.5. The number of nitrogens with one attached hydrogen (secondary N) is 2. The maximum Gasteiger partial charge on any atom is 0.274 e. The zero-order valence-corrected chi connectivity index (χ0v) is 13.9. The van der Waals surface area contributed by atoms with Crippen LogP contribution in [0.15, 0.2) is 36.9 Å². The average Bonchev–Trinajstić information content (AvgIpc) is 2.59. The molecule has 0 radical (unpaired) electrons. The monoisotopic (exact) mass is 328 g/mol. The number of carbonyl (C=O) groups excluding carboxylic acids is 1. The van der Waals surface area contributed by atoms with E-state index < -0.39 is 0 Å². The summed E-state index contributed by atoms with van der Waals surface area (Å²) in [7, 11) is 3.09. The van der Waals surface area contributed by atoms with Gasteiger partial charge >= 0.3 is 0 Å². The van der Waals surface area contributed by atoms with Crippen LogP contribution in [0.25, 0.3) is 0 Å². The first-order valence-electron chi connectivity index (χ1n) is 7.31. The second kappa shape index (κ2) is 7.96. The summed E-state index contributed by atoms with van der Waals surface area (Å²) < 4.78 is 10.4. The van der Waals surface area contributed by atoms with Gasteiger partial charge in [-0.2, -0.15) is 0 Å². The molecule has 24 heavy (non-hydrogen) atoms. The van der Waals surface area contributed by atoms with Gasteiger partial charge in [-0.3, -0.25) is 4.79 Å². The summed E-state index contributed by atoms with van der Waals surface area (Å²) in [5.74, 6) is 1.84. The van der Waals surface area contributed by atoms with Crippen molar-refractivity contribution in [1.29, 1.82) is 0 Å². The average molecular weight is 328 g/mol. The van der Waals surface area contributed by atoms with Gasteiger partial charge in [0.2, 0.25) is 0 Å². The Kier molecular flexibility index (Phi) is 5.73. The van der Waals surface area contributed by atoms with Gasteiger partial charge in [0.05, 0.1) is 19.9 Å². The number of ether oxygens (including phenoxy) is 2. The molecule has 7 nitrogen and oxygen atoms in total. The molecule has 0 saturated carbocycles. The largest absolute Gasteiger partial charge is 0.497 e. The van der Waals surface area contributed by atoms with Crippen LogP contribution in [0.4, 0.5) is 11.5 Å². The fraction of sp³-hybridized carbons (Fsp3) is 0.235. The highest BCUT2D eigenvalue weighted by molar-refractivity contribution is 6.04. The van der Waals surface area contributed by atoms with Crippen LogP contribution in [0.3, 0.4) is 0 Å². The molecular formula is C17H20N4O3. The van der Waals surface area contributed by atoms with Gasteiger partial charge in [0, 0.05) is 18.7 Å². The Morgan fingerprint density at radius 3 is 2.71 bits per heavy atom. The molecular weight excluding hydrogens is 308 g/mol. The normalized spacial score (nSPS) is 9.96. The maximum absolute atomic E-state index is 12.5. The third-order valence-electron chi connectivity index (χ3n) is 3.15. The molecule has 0 spiro atoms. The second-order valence-electron chi connectivity index (χ2n) is 4.88. The third-order valence-corrected chi connectivity index (χ3v) is 3.15. The molecule has 7 heteroatoms. The topological polar surface area (TPSA) is 85.4 Å². The van der Waals surface area contributed by atoms with Crippen LogP contribution in [0.5, 0.6) is 11.5 Å². The van der Waals surface area contributed by atoms with Gasteiger partial charge in [0.25, 0.3) is 5.91 Å². The van der Waals surface area contributed by atoms with Crippen molar-refractivity contribution in [2.45, 2.75) is 6.92 Å². The third kappa shape index (κ3) is 4.22. The molecule has 0 saturated heterocycles. The lowest BCUT2D eigenvalue weighted by atomic mass is 10.2. The highest BCUT2D eigenvalue weighted by atomic mass is 16.5. The summed E-state index contributed by atoms with van der Waals surface area (Å²) in [5, 5.41) is 5.82. The molecule has 0 aliphatic rings. The number of hydrogen-bond acceptors (Lipinski definition) is 6. The minimum atomic E-state index is -0.356. The molecule has 1 aromatic carbocycles.